The number of anilines is 1. The van der Waals surface area contributed by atoms with E-state index < -0.39 is 23.5 Å². The Balaban J connectivity index is 1.46. The fourth-order valence-corrected chi connectivity index (χ4v) is 4.93. The van der Waals surface area contributed by atoms with Crippen LogP contribution in [0, 0.1) is 0 Å². The van der Waals surface area contributed by atoms with Gasteiger partial charge in [0.05, 0.1) is 24.8 Å². The monoisotopic (exact) mass is 489 g/mol. The van der Waals surface area contributed by atoms with Crippen molar-refractivity contribution in [3.8, 4) is 0 Å². The van der Waals surface area contributed by atoms with Gasteiger partial charge >= 0.3 is 0 Å². The Kier molecular flexibility index (Phi) is 6.80. The first kappa shape index (κ1) is 24.1. The number of para-hydroxylation sites is 1. The summed E-state index contributed by atoms with van der Waals surface area (Å²) >= 11 is 0. The fraction of sp³-hybridized carbons (Fsp3) is 0.357. The Bertz CT molecular complexity index is 1260. The van der Waals surface area contributed by atoms with E-state index in [1.165, 1.54) is 0 Å². The van der Waals surface area contributed by atoms with E-state index in [1.807, 2.05) is 61.5 Å². The number of aliphatic hydroxyl groups excluding tert-OH is 1. The molecule has 1 amide bonds. The number of hydrogen-bond acceptors (Lipinski definition) is 7. The lowest BCUT2D eigenvalue weighted by molar-refractivity contribution is -0.129. The fourth-order valence-electron chi connectivity index (χ4n) is 4.93. The summed E-state index contributed by atoms with van der Waals surface area (Å²) in [6.07, 6.45) is 0.720. The third-order valence-electron chi connectivity index (χ3n) is 6.90. The van der Waals surface area contributed by atoms with Crippen molar-refractivity contribution in [2.45, 2.75) is 12.5 Å². The van der Waals surface area contributed by atoms with Gasteiger partial charge in [0.25, 0.3) is 5.91 Å². The van der Waals surface area contributed by atoms with Crippen LogP contribution in [0.4, 0.5) is 5.69 Å². The molecular weight excluding hydrogens is 458 g/mol. The number of rotatable bonds is 8. The average molecular weight is 490 g/mol. The lowest BCUT2D eigenvalue weighted by Crippen LogP contribution is -2.39. The van der Waals surface area contributed by atoms with Gasteiger partial charge < -0.3 is 24.1 Å². The molecule has 0 spiro atoms. The predicted octanol–water partition coefficient (Wildman–Crippen LogP) is 3.80. The van der Waals surface area contributed by atoms with Crippen LogP contribution in [0.5, 0.6) is 0 Å². The van der Waals surface area contributed by atoms with Gasteiger partial charge in [-0.2, -0.15) is 0 Å². The zero-order chi connectivity index (χ0) is 25.2. The van der Waals surface area contributed by atoms with Gasteiger partial charge in [-0.3, -0.25) is 14.5 Å². The van der Waals surface area contributed by atoms with Crippen LogP contribution in [0.2, 0.25) is 0 Å². The van der Waals surface area contributed by atoms with E-state index in [9.17, 15) is 14.7 Å². The summed E-state index contributed by atoms with van der Waals surface area (Å²) < 4.78 is 11.2. The van der Waals surface area contributed by atoms with Crippen LogP contribution < -0.4 is 4.90 Å². The average Bonchev–Trinajstić information content (AvgIpc) is 3.44. The second-order valence-corrected chi connectivity index (χ2v) is 9.43. The highest BCUT2D eigenvalue weighted by molar-refractivity contribution is 6.16. The van der Waals surface area contributed by atoms with E-state index >= 15 is 0 Å². The van der Waals surface area contributed by atoms with Crippen LogP contribution in [-0.2, 0) is 9.53 Å². The van der Waals surface area contributed by atoms with Crippen molar-refractivity contribution < 1.29 is 23.8 Å². The number of aliphatic hydroxyl groups is 1. The molecule has 1 N–H and O–H groups in total. The van der Waals surface area contributed by atoms with E-state index in [2.05, 4.69) is 4.90 Å². The summed E-state index contributed by atoms with van der Waals surface area (Å²) in [5, 5.41) is 11.7. The van der Waals surface area contributed by atoms with Gasteiger partial charge in [-0.1, -0.05) is 30.3 Å². The van der Waals surface area contributed by atoms with Crippen LogP contribution in [0.25, 0.3) is 11.0 Å². The molecule has 188 valence electrons. The molecule has 8 heteroatoms. The van der Waals surface area contributed by atoms with Crippen LogP contribution in [-0.4, -0.2) is 80.1 Å². The number of nitrogens with zero attached hydrogens (tertiary/aromatic N) is 3. The van der Waals surface area contributed by atoms with E-state index in [-0.39, 0.29) is 11.3 Å². The van der Waals surface area contributed by atoms with Gasteiger partial charge in [-0.15, -0.1) is 0 Å². The standard InChI is InChI=1S/C28H31N3O5/c1-29(2)21-10-8-19(9-11-21)25-24(26(32)23-18-20-6-3-4-7-22(20)36-23)27(33)28(34)31(25)13-5-12-30-14-16-35-17-15-30/h3-4,6-11,18,25,33H,5,12-17H2,1-2H3/t25-/m0/s1. The number of amides is 1. The molecule has 1 aromatic heterocycles. The molecule has 0 unspecified atom stereocenters. The first-order valence-electron chi connectivity index (χ1n) is 12.3. The molecule has 5 rings (SSSR count). The molecule has 2 aromatic carbocycles. The van der Waals surface area contributed by atoms with Gasteiger partial charge in [0.2, 0.25) is 5.78 Å². The SMILES string of the molecule is CN(C)c1ccc([C@H]2C(C(=O)c3cc4ccccc4o3)=C(O)C(=O)N2CCCN2CCOCC2)cc1. The van der Waals surface area contributed by atoms with Crippen molar-refractivity contribution in [1.82, 2.24) is 9.80 Å². The number of furan rings is 1. The summed E-state index contributed by atoms with van der Waals surface area (Å²) in [6, 6.07) is 16.0. The number of morpholine rings is 1. The van der Waals surface area contributed by atoms with Crippen LogP contribution >= 0.6 is 0 Å². The number of Topliss-reactive ketones (excluding diaryl/α,β-unsaturated/α-hetero) is 1. The minimum absolute atomic E-state index is 0.0584. The summed E-state index contributed by atoms with van der Waals surface area (Å²) in [5.41, 5.74) is 2.41. The van der Waals surface area contributed by atoms with Crippen molar-refractivity contribution in [3.63, 3.8) is 0 Å². The van der Waals surface area contributed by atoms with E-state index in [0.717, 1.165) is 42.7 Å². The smallest absolute Gasteiger partial charge is 0.290 e. The second kappa shape index (κ2) is 10.2. The van der Waals surface area contributed by atoms with Gasteiger partial charge in [-0.25, -0.2) is 0 Å². The predicted molar refractivity (Wildman–Crippen MR) is 137 cm³/mol. The molecule has 3 aromatic rings. The number of benzene rings is 2. The molecule has 0 saturated carbocycles. The van der Waals surface area contributed by atoms with Crippen LogP contribution in [0.15, 0.2) is 70.3 Å². The molecule has 3 heterocycles. The highest BCUT2D eigenvalue weighted by Gasteiger charge is 2.44. The van der Waals surface area contributed by atoms with E-state index in [4.69, 9.17) is 9.15 Å². The lowest BCUT2D eigenvalue weighted by Gasteiger charge is -2.30. The number of hydrogen-bond donors (Lipinski definition) is 1. The molecular formula is C28H31N3O5. The highest BCUT2D eigenvalue weighted by atomic mass is 16.5. The van der Waals surface area contributed by atoms with Crippen molar-refractivity contribution in [2.24, 2.45) is 0 Å². The number of carbonyl (C=O) groups excluding carboxylic acids is 2. The first-order chi connectivity index (χ1) is 17.4. The normalized spacial score (nSPS) is 18.9. The third-order valence-corrected chi connectivity index (χ3v) is 6.90. The van der Waals surface area contributed by atoms with E-state index in [1.54, 1.807) is 17.0 Å². The van der Waals surface area contributed by atoms with Crippen molar-refractivity contribution >= 4 is 28.3 Å². The zero-order valence-electron chi connectivity index (χ0n) is 20.6. The summed E-state index contributed by atoms with van der Waals surface area (Å²) in [7, 11) is 3.91. The molecule has 0 bridgehead atoms. The third kappa shape index (κ3) is 4.62. The van der Waals surface area contributed by atoms with Gasteiger partial charge in [0.15, 0.2) is 11.5 Å². The molecule has 36 heavy (non-hydrogen) atoms. The van der Waals surface area contributed by atoms with Gasteiger partial charge in [-0.05, 0) is 36.2 Å². The minimum Gasteiger partial charge on any atom is -0.503 e. The first-order valence-corrected chi connectivity index (χ1v) is 12.3. The van der Waals surface area contributed by atoms with E-state index in [0.29, 0.717) is 25.3 Å². The maximum Gasteiger partial charge on any atom is 0.290 e. The summed E-state index contributed by atoms with van der Waals surface area (Å²) in [4.78, 5) is 32.8. The highest BCUT2D eigenvalue weighted by Crippen LogP contribution is 2.40. The minimum atomic E-state index is -0.695. The molecule has 1 saturated heterocycles. The van der Waals surface area contributed by atoms with Crippen molar-refractivity contribution in [3.05, 3.63) is 77.3 Å². The molecule has 2 aliphatic heterocycles. The molecule has 0 radical (unpaired) electrons. The Morgan fingerprint density at radius 1 is 1.06 bits per heavy atom. The molecule has 8 nitrogen and oxygen atoms in total. The van der Waals surface area contributed by atoms with Crippen molar-refractivity contribution in [1.29, 1.82) is 0 Å². The maximum atomic E-state index is 13.7. The number of carbonyl (C=O) groups is 2. The Hall–Kier alpha value is -3.62. The number of ether oxygens (including phenoxy) is 1. The van der Waals surface area contributed by atoms with Crippen LogP contribution in [0.3, 0.4) is 0 Å². The zero-order valence-corrected chi connectivity index (χ0v) is 20.6. The molecule has 1 atom stereocenters. The number of fused-ring (bicyclic) bond motifs is 1. The Labute approximate surface area is 210 Å². The van der Waals surface area contributed by atoms with Gasteiger partial charge in [0.1, 0.15) is 5.58 Å². The maximum absolute atomic E-state index is 13.7. The molecule has 0 aliphatic carbocycles. The summed E-state index contributed by atoms with van der Waals surface area (Å²) in [6.45, 7) is 4.37. The largest absolute Gasteiger partial charge is 0.503 e. The second-order valence-electron chi connectivity index (χ2n) is 9.43. The van der Waals surface area contributed by atoms with Crippen molar-refractivity contribution in [2.75, 3.05) is 58.4 Å². The Morgan fingerprint density at radius 2 is 1.78 bits per heavy atom. The molecule has 2 aliphatic rings. The van der Waals surface area contributed by atoms with Gasteiger partial charge in [0, 0.05) is 51.3 Å². The van der Waals surface area contributed by atoms with Crippen LogP contribution in [0.1, 0.15) is 28.6 Å². The summed E-state index contributed by atoms with van der Waals surface area (Å²) in [5.74, 6) is -1.41. The number of ketones is 1. The lowest BCUT2D eigenvalue weighted by atomic mass is 9.94. The quantitative estimate of drug-likeness (QED) is 0.482. The Morgan fingerprint density at radius 3 is 2.47 bits per heavy atom. The molecule has 1 fully saturated rings. The topological polar surface area (TPSA) is 86.5 Å².